The fraction of sp³-hybridized carbons (Fsp3) is 0.562. The van der Waals surface area contributed by atoms with Crippen LogP contribution < -0.4 is 10.5 Å². The van der Waals surface area contributed by atoms with Crippen LogP contribution in [0.25, 0.3) is 0 Å². The monoisotopic (exact) mass is 339 g/mol. The Morgan fingerprint density at radius 2 is 2.17 bits per heavy atom. The van der Waals surface area contributed by atoms with Crippen LogP contribution in [0.1, 0.15) is 35.7 Å². The Morgan fingerprint density at radius 1 is 1.43 bits per heavy atom. The van der Waals surface area contributed by atoms with Crippen molar-refractivity contribution in [2.75, 3.05) is 26.2 Å². The number of hydrogen-bond donors (Lipinski definition) is 2. The molecule has 3 N–H and O–H groups in total. The van der Waals surface area contributed by atoms with E-state index in [1.54, 1.807) is 13.0 Å². The van der Waals surface area contributed by atoms with E-state index in [-0.39, 0.29) is 10.5 Å². The van der Waals surface area contributed by atoms with E-state index in [1.807, 2.05) is 0 Å². The Morgan fingerprint density at radius 3 is 2.83 bits per heavy atom. The second kappa shape index (κ2) is 7.42. The largest absolute Gasteiger partial charge is 0.366 e. The number of sulfonamides is 1. The molecule has 0 aromatic heterocycles. The highest BCUT2D eigenvalue weighted by Crippen LogP contribution is 2.18. The lowest BCUT2D eigenvalue weighted by Gasteiger charge is -2.31. The molecule has 1 fully saturated rings. The Kier molecular flexibility index (Phi) is 5.78. The van der Waals surface area contributed by atoms with Crippen LogP contribution in [0.2, 0.25) is 0 Å². The lowest BCUT2D eigenvalue weighted by atomic mass is 9.98. The minimum Gasteiger partial charge on any atom is -0.366 e. The van der Waals surface area contributed by atoms with Gasteiger partial charge in [-0.05, 0) is 56.5 Å². The maximum atomic E-state index is 12.4. The summed E-state index contributed by atoms with van der Waals surface area (Å²) in [7, 11) is -3.63. The quantitative estimate of drug-likeness (QED) is 0.812. The highest BCUT2D eigenvalue weighted by atomic mass is 32.2. The van der Waals surface area contributed by atoms with Gasteiger partial charge < -0.3 is 10.6 Å². The van der Waals surface area contributed by atoms with E-state index >= 15 is 0 Å². The fourth-order valence-corrected chi connectivity index (χ4v) is 4.09. The lowest BCUT2D eigenvalue weighted by molar-refractivity contribution is 0.0999. The highest BCUT2D eigenvalue weighted by Gasteiger charge is 2.22. The van der Waals surface area contributed by atoms with Gasteiger partial charge in [-0.1, -0.05) is 13.0 Å². The number of benzene rings is 1. The van der Waals surface area contributed by atoms with Crippen molar-refractivity contribution in [3.05, 3.63) is 29.3 Å². The number of carbonyl (C=O) groups excluding carboxylic acids is 1. The molecular formula is C16H25N3O3S. The Hall–Kier alpha value is -1.44. The van der Waals surface area contributed by atoms with Gasteiger partial charge in [0.05, 0.1) is 4.90 Å². The SMILES string of the molecule is CCN1CCCC(CNS(=O)(=O)c2ccc(C)c(C(N)=O)c2)C1. The summed E-state index contributed by atoms with van der Waals surface area (Å²) in [5.74, 6) is -0.301. The number of rotatable bonds is 6. The van der Waals surface area contributed by atoms with Crippen molar-refractivity contribution in [2.45, 2.75) is 31.6 Å². The number of aryl methyl sites for hydroxylation is 1. The first-order valence-electron chi connectivity index (χ1n) is 7.96. The fourth-order valence-electron chi connectivity index (χ4n) is 2.95. The molecule has 2 rings (SSSR count). The summed E-state index contributed by atoms with van der Waals surface area (Å²) in [5, 5.41) is 0. The maximum Gasteiger partial charge on any atom is 0.249 e. The van der Waals surface area contributed by atoms with Crippen LogP contribution in [0, 0.1) is 12.8 Å². The first-order chi connectivity index (χ1) is 10.8. The van der Waals surface area contributed by atoms with Gasteiger partial charge in [0.1, 0.15) is 0 Å². The Labute approximate surface area is 138 Å². The zero-order chi connectivity index (χ0) is 17.0. The van der Waals surface area contributed by atoms with Crippen LogP contribution in [-0.2, 0) is 10.0 Å². The normalized spacial score (nSPS) is 19.7. The molecule has 6 nitrogen and oxygen atoms in total. The molecule has 0 radical (unpaired) electrons. The predicted octanol–water partition coefficient (Wildman–Crippen LogP) is 1.10. The molecule has 1 atom stereocenters. The first kappa shape index (κ1) is 17.9. The molecule has 1 aromatic carbocycles. The standard InChI is InChI=1S/C16H25N3O3S/c1-3-19-8-4-5-13(11-19)10-18-23(21,22)14-7-6-12(2)15(9-14)16(17)20/h6-7,9,13,18H,3-5,8,10-11H2,1-2H3,(H2,17,20). The average Bonchev–Trinajstić information content (AvgIpc) is 2.53. The van der Waals surface area contributed by atoms with Crippen LogP contribution >= 0.6 is 0 Å². The van der Waals surface area contributed by atoms with E-state index in [4.69, 9.17) is 5.73 Å². The van der Waals surface area contributed by atoms with Gasteiger partial charge in [0.25, 0.3) is 0 Å². The zero-order valence-electron chi connectivity index (χ0n) is 13.7. The molecule has 0 spiro atoms. The number of amides is 1. The van der Waals surface area contributed by atoms with Gasteiger partial charge in [-0.25, -0.2) is 13.1 Å². The van der Waals surface area contributed by atoms with Gasteiger partial charge >= 0.3 is 0 Å². The van der Waals surface area contributed by atoms with Crippen molar-refractivity contribution >= 4 is 15.9 Å². The molecule has 23 heavy (non-hydrogen) atoms. The summed E-state index contributed by atoms with van der Waals surface area (Å²) >= 11 is 0. The summed E-state index contributed by atoms with van der Waals surface area (Å²) in [6.07, 6.45) is 2.12. The molecule has 1 aliphatic rings. The molecule has 1 heterocycles. The number of nitrogens with one attached hydrogen (secondary N) is 1. The highest BCUT2D eigenvalue weighted by molar-refractivity contribution is 7.89. The smallest absolute Gasteiger partial charge is 0.249 e. The molecule has 1 unspecified atom stereocenters. The number of carbonyl (C=O) groups is 1. The second-order valence-electron chi connectivity index (χ2n) is 6.09. The van der Waals surface area contributed by atoms with Crippen molar-refractivity contribution in [2.24, 2.45) is 11.7 Å². The van der Waals surface area contributed by atoms with Gasteiger partial charge in [-0.15, -0.1) is 0 Å². The third-order valence-electron chi connectivity index (χ3n) is 4.40. The minimum atomic E-state index is -3.63. The van der Waals surface area contributed by atoms with Crippen molar-refractivity contribution < 1.29 is 13.2 Å². The average molecular weight is 339 g/mol. The van der Waals surface area contributed by atoms with Gasteiger partial charge in [-0.3, -0.25) is 4.79 Å². The number of hydrogen-bond acceptors (Lipinski definition) is 4. The summed E-state index contributed by atoms with van der Waals surface area (Å²) < 4.78 is 27.5. The van der Waals surface area contributed by atoms with Crippen molar-refractivity contribution in [3.8, 4) is 0 Å². The molecule has 1 aliphatic heterocycles. The van der Waals surface area contributed by atoms with Crippen LogP contribution in [-0.4, -0.2) is 45.4 Å². The maximum absolute atomic E-state index is 12.4. The number of primary amides is 1. The van der Waals surface area contributed by atoms with Crippen LogP contribution in [0.4, 0.5) is 0 Å². The van der Waals surface area contributed by atoms with Crippen molar-refractivity contribution in [1.29, 1.82) is 0 Å². The number of nitrogens with two attached hydrogens (primary N) is 1. The molecular weight excluding hydrogens is 314 g/mol. The van der Waals surface area contributed by atoms with Crippen molar-refractivity contribution in [3.63, 3.8) is 0 Å². The Bertz CT molecular complexity index is 673. The van der Waals surface area contributed by atoms with Crippen molar-refractivity contribution in [1.82, 2.24) is 9.62 Å². The zero-order valence-corrected chi connectivity index (χ0v) is 14.5. The van der Waals surface area contributed by atoms with Crippen LogP contribution in [0.3, 0.4) is 0 Å². The number of likely N-dealkylation sites (tertiary alicyclic amines) is 1. The van der Waals surface area contributed by atoms with Crippen LogP contribution in [0.5, 0.6) is 0 Å². The van der Waals surface area contributed by atoms with E-state index < -0.39 is 15.9 Å². The third kappa shape index (κ3) is 4.53. The third-order valence-corrected chi connectivity index (χ3v) is 5.82. The number of piperidine rings is 1. The van der Waals surface area contributed by atoms with E-state index in [1.165, 1.54) is 12.1 Å². The molecule has 0 bridgehead atoms. The summed E-state index contributed by atoms with van der Waals surface area (Å²) in [6, 6.07) is 4.45. The lowest BCUT2D eigenvalue weighted by Crippen LogP contribution is -2.40. The molecule has 128 valence electrons. The predicted molar refractivity (Wildman–Crippen MR) is 89.7 cm³/mol. The molecule has 1 aromatic rings. The first-order valence-corrected chi connectivity index (χ1v) is 9.44. The molecule has 1 amide bonds. The van der Waals surface area contributed by atoms with Gasteiger partial charge in [0.2, 0.25) is 15.9 Å². The van der Waals surface area contributed by atoms with Gasteiger partial charge in [0, 0.05) is 18.7 Å². The summed E-state index contributed by atoms with van der Waals surface area (Å²) in [4.78, 5) is 13.8. The Balaban J connectivity index is 2.07. The second-order valence-corrected chi connectivity index (χ2v) is 7.86. The van der Waals surface area contributed by atoms with E-state index in [2.05, 4.69) is 16.5 Å². The van der Waals surface area contributed by atoms with Crippen LogP contribution in [0.15, 0.2) is 23.1 Å². The molecule has 1 saturated heterocycles. The van der Waals surface area contributed by atoms with Gasteiger partial charge in [0.15, 0.2) is 0 Å². The number of nitrogens with zero attached hydrogens (tertiary/aromatic N) is 1. The van der Waals surface area contributed by atoms with Gasteiger partial charge in [-0.2, -0.15) is 0 Å². The molecule has 7 heteroatoms. The summed E-state index contributed by atoms with van der Waals surface area (Å²) in [5.41, 5.74) is 6.20. The van der Waals surface area contributed by atoms with E-state index in [9.17, 15) is 13.2 Å². The summed E-state index contributed by atoms with van der Waals surface area (Å²) in [6.45, 7) is 7.25. The molecule has 0 aliphatic carbocycles. The van der Waals surface area contributed by atoms with E-state index in [0.29, 0.717) is 18.0 Å². The molecule has 0 saturated carbocycles. The minimum absolute atomic E-state index is 0.0834. The van der Waals surface area contributed by atoms with E-state index in [0.717, 1.165) is 32.5 Å². The topological polar surface area (TPSA) is 92.5 Å².